The number of hydrogen-bond acceptors (Lipinski definition) is 5. The van der Waals surface area contributed by atoms with E-state index in [1.807, 2.05) is 19.9 Å². The molecular weight excluding hydrogens is 250 g/mol. The highest BCUT2D eigenvalue weighted by Gasteiger charge is 2.07. The molecule has 6 nitrogen and oxygen atoms in total. The predicted octanol–water partition coefficient (Wildman–Crippen LogP) is 0.969. The first-order valence-electron chi connectivity index (χ1n) is 5.64. The summed E-state index contributed by atoms with van der Waals surface area (Å²) in [6.07, 6.45) is 0. The molecule has 0 atom stereocenters. The number of aromatic nitrogens is 4. The molecule has 2 heterocycles. The molecule has 0 aliphatic rings. The van der Waals surface area contributed by atoms with Crippen LogP contribution in [0.1, 0.15) is 18.3 Å². The first kappa shape index (κ1) is 12.8. The number of nitrogens with zero attached hydrogens (tertiary/aromatic N) is 4. The lowest BCUT2D eigenvalue weighted by molar-refractivity contribution is -0.118. The summed E-state index contributed by atoms with van der Waals surface area (Å²) in [6.45, 7) is 6.03. The molecule has 0 aliphatic carbocycles. The van der Waals surface area contributed by atoms with Gasteiger partial charge in [-0.25, -0.2) is 9.50 Å². The van der Waals surface area contributed by atoms with E-state index in [-0.39, 0.29) is 5.91 Å². The minimum Gasteiger partial charge on any atom is -0.356 e. The standard InChI is InChI=1S/C11H15N5OS/c1-7-6-8(2)16-10(13-7)14-11(15-16)18-5-4-12-9(3)17/h6H,4-5H2,1-3H3,(H,12,17). The van der Waals surface area contributed by atoms with Crippen LogP contribution in [0.25, 0.3) is 5.78 Å². The Morgan fingerprint density at radius 3 is 2.94 bits per heavy atom. The molecule has 0 aromatic carbocycles. The van der Waals surface area contributed by atoms with Gasteiger partial charge in [0.15, 0.2) is 0 Å². The van der Waals surface area contributed by atoms with E-state index in [1.54, 1.807) is 4.52 Å². The molecule has 2 aromatic heterocycles. The van der Waals surface area contributed by atoms with Crippen molar-refractivity contribution in [2.45, 2.75) is 25.9 Å². The zero-order valence-electron chi connectivity index (χ0n) is 10.6. The number of carbonyl (C=O) groups is 1. The normalized spacial score (nSPS) is 10.8. The number of carbonyl (C=O) groups excluding carboxylic acids is 1. The van der Waals surface area contributed by atoms with Crippen molar-refractivity contribution in [1.29, 1.82) is 0 Å². The van der Waals surface area contributed by atoms with Crippen molar-refractivity contribution in [1.82, 2.24) is 24.9 Å². The summed E-state index contributed by atoms with van der Waals surface area (Å²) in [4.78, 5) is 19.4. The number of rotatable bonds is 4. The Morgan fingerprint density at radius 2 is 2.22 bits per heavy atom. The zero-order valence-corrected chi connectivity index (χ0v) is 11.4. The molecule has 0 unspecified atom stereocenters. The van der Waals surface area contributed by atoms with Crippen LogP contribution in [-0.2, 0) is 4.79 Å². The van der Waals surface area contributed by atoms with Gasteiger partial charge in [0.2, 0.25) is 11.1 Å². The molecule has 0 bridgehead atoms. The van der Waals surface area contributed by atoms with Gasteiger partial charge in [-0.2, -0.15) is 4.98 Å². The molecule has 0 saturated carbocycles. The van der Waals surface area contributed by atoms with E-state index < -0.39 is 0 Å². The van der Waals surface area contributed by atoms with Crippen molar-refractivity contribution in [2.75, 3.05) is 12.3 Å². The molecule has 2 rings (SSSR count). The molecule has 0 aliphatic heterocycles. The second-order valence-electron chi connectivity index (χ2n) is 3.98. The van der Waals surface area contributed by atoms with Crippen LogP contribution >= 0.6 is 11.8 Å². The SMILES string of the molecule is CC(=O)NCCSc1nc2nc(C)cc(C)n2n1. The lowest BCUT2D eigenvalue weighted by Crippen LogP contribution is -2.22. The van der Waals surface area contributed by atoms with Crippen LogP contribution in [0.2, 0.25) is 0 Å². The molecule has 7 heteroatoms. The number of thioether (sulfide) groups is 1. The third kappa shape index (κ3) is 2.98. The van der Waals surface area contributed by atoms with Crippen LogP contribution in [0.4, 0.5) is 0 Å². The van der Waals surface area contributed by atoms with Crippen molar-refractivity contribution in [3.63, 3.8) is 0 Å². The highest BCUT2D eigenvalue weighted by Crippen LogP contribution is 2.14. The summed E-state index contributed by atoms with van der Waals surface area (Å²) in [6, 6.07) is 1.97. The van der Waals surface area contributed by atoms with Crippen molar-refractivity contribution in [3.05, 3.63) is 17.5 Å². The van der Waals surface area contributed by atoms with Gasteiger partial charge in [0, 0.05) is 30.6 Å². The van der Waals surface area contributed by atoms with Crippen molar-refractivity contribution >= 4 is 23.4 Å². The Bertz CT molecular complexity index is 580. The molecule has 2 aromatic rings. The lowest BCUT2D eigenvalue weighted by Gasteiger charge is -1.98. The molecule has 0 fully saturated rings. The van der Waals surface area contributed by atoms with E-state index in [4.69, 9.17) is 0 Å². The van der Waals surface area contributed by atoms with Gasteiger partial charge < -0.3 is 5.32 Å². The minimum atomic E-state index is -0.0216. The van der Waals surface area contributed by atoms with Crippen LogP contribution in [0, 0.1) is 13.8 Å². The summed E-state index contributed by atoms with van der Waals surface area (Å²) < 4.78 is 1.73. The highest BCUT2D eigenvalue weighted by molar-refractivity contribution is 7.99. The average molecular weight is 265 g/mol. The number of amides is 1. The molecule has 0 spiro atoms. The molecule has 1 N–H and O–H groups in total. The fourth-order valence-electron chi connectivity index (χ4n) is 1.58. The van der Waals surface area contributed by atoms with E-state index in [9.17, 15) is 4.79 Å². The van der Waals surface area contributed by atoms with Crippen LogP contribution < -0.4 is 5.32 Å². The fourth-order valence-corrected chi connectivity index (χ4v) is 2.25. The number of hydrogen-bond donors (Lipinski definition) is 1. The van der Waals surface area contributed by atoms with Crippen LogP contribution in [0.3, 0.4) is 0 Å². The minimum absolute atomic E-state index is 0.0216. The first-order valence-corrected chi connectivity index (χ1v) is 6.63. The maximum Gasteiger partial charge on any atom is 0.253 e. The van der Waals surface area contributed by atoms with E-state index in [2.05, 4.69) is 20.4 Å². The summed E-state index contributed by atoms with van der Waals surface area (Å²) >= 11 is 1.50. The third-order valence-electron chi connectivity index (χ3n) is 2.31. The van der Waals surface area contributed by atoms with Gasteiger partial charge in [0.1, 0.15) is 0 Å². The predicted molar refractivity (Wildman–Crippen MR) is 69.7 cm³/mol. The van der Waals surface area contributed by atoms with Crippen molar-refractivity contribution < 1.29 is 4.79 Å². The Hall–Kier alpha value is -1.63. The van der Waals surface area contributed by atoms with Crippen LogP contribution in [0.15, 0.2) is 11.2 Å². The molecule has 0 saturated heterocycles. The first-order chi connectivity index (χ1) is 8.56. The second kappa shape index (κ2) is 5.34. The molecule has 0 radical (unpaired) electrons. The summed E-state index contributed by atoms with van der Waals surface area (Å²) in [7, 11) is 0. The highest BCUT2D eigenvalue weighted by atomic mass is 32.2. The maximum absolute atomic E-state index is 10.7. The van der Waals surface area contributed by atoms with Gasteiger partial charge >= 0.3 is 0 Å². The van der Waals surface area contributed by atoms with Gasteiger partial charge in [-0.05, 0) is 19.9 Å². The monoisotopic (exact) mass is 265 g/mol. The van der Waals surface area contributed by atoms with Gasteiger partial charge in [-0.15, -0.1) is 5.10 Å². The summed E-state index contributed by atoms with van der Waals surface area (Å²) in [5.41, 5.74) is 1.95. The molecular formula is C11H15N5OS. The zero-order chi connectivity index (χ0) is 13.1. The Balaban J connectivity index is 2.06. The van der Waals surface area contributed by atoms with Crippen molar-refractivity contribution in [2.24, 2.45) is 0 Å². The maximum atomic E-state index is 10.7. The Morgan fingerprint density at radius 1 is 1.44 bits per heavy atom. The fraction of sp³-hybridized carbons (Fsp3) is 0.455. The van der Waals surface area contributed by atoms with Gasteiger partial charge in [-0.3, -0.25) is 4.79 Å². The van der Waals surface area contributed by atoms with E-state index in [1.165, 1.54) is 18.7 Å². The second-order valence-corrected chi connectivity index (χ2v) is 5.04. The quantitative estimate of drug-likeness (QED) is 0.659. The molecule has 1 amide bonds. The van der Waals surface area contributed by atoms with Crippen LogP contribution in [-0.4, -0.2) is 37.8 Å². The van der Waals surface area contributed by atoms with Gasteiger partial charge in [-0.1, -0.05) is 11.8 Å². The largest absolute Gasteiger partial charge is 0.356 e. The number of nitrogens with one attached hydrogen (secondary N) is 1. The lowest BCUT2D eigenvalue weighted by atomic mass is 10.4. The third-order valence-corrected chi connectivity index (χ3v) is 3.15. The number of fused-ring (bicyclic) bond motifs is 1. The smallest absolute Gasteiger partial charge is 0.253 e. The Kier molecular flexibility index (Phi) is 3.81. The molecule has 96 valence electrons. The van der Waals surface area contributed by atoms with E-state index in [0.29, 0.717) is 17.5 Å². The topological polar surface area (TPSA) is 72.2 Å². The molecule has 18 heavy (non-hydrogen) atoms. The van der Waals surface area contributed by atoms with Crippen LogP contribution in [0.5, 0.6) is 0 Å². The number of aryl methyl sites for hydroxylation is 2. The van der Waals surface area contributed by atoms with Gasteiger partial charge in [0.05, 0.1) is 0 Å². The summed E-state index contributed by atoms with van der Waals surface area (Å²) in [5.74, 6) is 1.34. The average Bonchev–Trinajstić information content (AvgIpc) is 2.67. The van der Waals surface area contributed by atoms with Crippen molar-refractivity contribution in [3.8, 4) is 0 Å². The van der Waals surface area contributed by atoms with Gasteiger partial charge in [0.25, 0.3) is 5.78 Å². The van der Waals surface area contributed by atoms with E-state index in [0.717, 1.165) is 17.1 Å². The summed E-state index contributed by atoms with van der Waals surface area (Å²) in [5, 5.41) is 7.78. The Labute approximate surface area is 109 Å². The van der Waals surface area contributed by atoms with E-state index >= 15 is 0 Å².